The van der Waals surface area contributed by atoms with E-state index in [1.807, 2.05) is 53.1 Å². The Morgan fingerprint density at radius 2 is 1.89 bits per heavy atom. The fourth-order valence-corrected chi connectivity index (χ4v) is 2.78. The summed E-state index contributed by atoms with van der Waals surface area (Å²) in [5.41, 5.74) is 2.59. The van der Waals surface area contributed by atoms with Crippen LogP contribution in [0.5, 0.6) is 0 Å². The average Bonchev–Trinajstić information content (AvgIpc) is 3.13. The lowest BCUT2D eigenvalue weighted by atomic mass is 10.1. The zero-order valence-corrected chi connectivity index (χ0v) is 16.4. The lowest BCUT2D eigenvalue weighted by Gasteiger charge is -2.13. The topological polar surface area (TPSA) is 86.9 Å². The Morgan fingerprint density at radius 3 is 2.61 bits per heavy atom. The van der Waals surface area contributed by atoms with E-state index in [4.69, 9.17) is 0 Å². The molecule has 0 bridgehead atoms. The molecule has 0 aliphatic heterocycles. The molecule has 0 fully saturated rings. The second kappa shape index (κ2) is 8.98. The van der Waals surface area contributed by atoms with Gasteiger partial charge in [-0.25, -0.2) is 0 Å². The highest BCUT2D eigenvalue weighted by molar-refractivity contribution is 5.93. The number of rotatable bonds is 6. The average molecular weight is 379 g/mol. The van der Waals surface area contributed by atoms with Crippen LogP contribution < -0.4 is 10.6 Å². The van der Waals surface area contributed by atoms with Gasteiger partial charge in [-0.3, -0.25) is 14.2 Å². The first-order valence-corrected chi connectivity index (χ1v) is 9.12. The van der Waals surface area contributed by atoms with Gasteiger partial charge in [0.25, 0.3) is 5.91 Å². The standard InChI is InChI=1S/C20H25N7O/c1-21-20(22-12-11-18-25-24-17-6-4-5-13-27(17)18)23-14-15-7-9-16(10-8-15)19(28)26(2)3/h4-10,13H,11-12,14H2,1-3H3,(H2,21,22,23). The van der Waals surface area contributed by atoms with Crippen LogP contribution >= 0.6 is 0 Å². The molecule has 1 amide bonds. The van der Waals surface area contributed by atoms with Gasteiger partial charge in [0.2, 0.25) is 0 Å². The molecule has 0 radical (unpaired) electrons. The molecule has 28 heavy (non-hydrogen) atoms. The van der Waals surface area contributed by atoms with Gasteiger partial charge in [-0.05, 0) is 29.8 Å². The predicted molar refractivity (Wildman–Crippen MR) is 109 cm³/mol. The Hall–Kier alpha value is -3.42. The minimum Gasteiger partial charge on any atom is -0.356 e. The van der Waals surface area contributed by atoms with Crippen molar-refractivity contribution in [1.82, 2.24) is 30.1 Å². The van der Waals surface area contributed by atoms with Crippen LogP contribution in [-0.2, 0) is 13.0 Å². The molecule has 0 saturated heterocycles. The third-order valence-corrected chi connectivity index (χ3v) is 4.32. The van der Waals surface area contributed by atoms with E-state index in [0.29, 0.717) is 24.6 Å². The van der Waals surface area contributed by atoms with Gasteiger partial charge in [0.05, 0.1) is 0 Å². The van der Waals surface area contributed by atoms with Crippen molar-refractivity contribution in [3.63, 3.8) is 0 Å². The van der Waals surface area contributed by atoms with Crippen molar-refractivity contribution in [3.05, 3.63) is 65.6 Å². The van der Waals surface area contributed by atoms with Crippen molar-refractivity contribution in [2.45, 2.75) is 13.0 Å². The molecule has 8 heteroatoms. The highest BCUT2D eigenvalue weighted by Gasteiger charge is 2.08. The molecule has 1 aromatic carbocycles. The first-order chi connectivity index (χ1) is 13.6. The summed E-state index contributed by atoms with van der Waals surface area (Å²) in [6.07, 6.45) is 2.69. The van der Waals surface area contributed by atoms with Crippen LogP contribution in [0.15, 0.2) is 53.7 Å². The Labute approximate surface area is 164 Å². The minimum atomic E-state index is -0.00186. The number of carbonyl (C=O) groups excluding carboxylic acids is 1. The van der Waals surface area contributed by atoms with Crippen LogP contribution in [0.3, 0.4) is 0 Å². The maximum Gasteiger partial charge on any atom is 0.253 e. The summed E-state index contributed by atoms with van der Waals surface area (Å²) >= 11 is 0. The van der Waals surface area contributed by atoms with E-state index in [9.17, 15) is 4.79 Å². The second-order valence-corrected chi connectivity index (χ2v) is 6.54. The van der Waals surface area contributed by atoms with Crippen LogP contribution in [0.1, 0.15) is 21.7 Å². The first kappa shape index (κ1) is 19.3. The Balaban J connectivity index is 1.49. The highest BCUT2D eigenvalue weighted by Crippen LogP contribution is 2.06. The molecule has 2 heterocycles. The fourth-order valence-electron chi connectivity index (χ4n) is 2.78. The number of fused-ring (bicyclic) bond motifs is 1. The SMILES string of the molecule is CN=C(NCCc1nnc2ccccn12)NCc1ccc(C(=O)N(C)C)cc1. The number of hydrogen-bond donors (Lipinski definition) is 2. The van der Waals surface area contributed by atoms with Crippen molar-refractivity contribution in [2.75, 3.05) is 27.7 Å². The fraction of sp³-hybridized carbons (Fsp3) is 0.300. The lowest BCUT2D eigenvalue weighted by Crippen LogP contribution is -2.38. The molecule has 0 aliphatic carbocycles. The molecule has 0 aliphatic rings. The molecule has 3 rings (SSSR count). The number of amides is 1. The van der Waals surface area contributed by atoms with Crippen LogP contribution in [0.25, 0.3) is 5.65 Å². The number of nitrogens with one attached hydrogen (secondary N) is 2. The molecule has 0 saturated carbocycles. The summed E-state index contributed by atoms with van der Waals surface area (Å²) in [7, 11) is 5.23. The minimum absolute atomic E-state index is 0.00186. The molecular weight excluding hydrogens is 354 g/mol. The Morgan fingerprint density at radius 1 is 1.11 bits per heavy atom. The third kappa shape index (κ3) is 4.64. The molecule has 3 aromatic rings. The van der Waals surface area contributed by atoms with Gasteiger partial charge in [0.15, 0.2) is 11.6 Å². The van der Waals surface area contributed by atoms with E-state index in [1.54, 1.807) is 26.0 Å². The number of benzene rings is 1. The van der Waals surface area contributed by atoms with Gasteiger partial charge in [-0.1, -0.05) is 18.2 Å². The summed E-state index contributed by atoms with van der Waals surface area (Å²) in [6, 6.07) is 13.4. The van der Waals surface area contributed by atoms with Crippen molar-refractivity contribution in [1.29, 1.82) is 0 Å². The largest absolute Gasteiger partial charge is 0.356 e. The highest BCUT2D eigenvalue weighted by atomic mass is 16.2. The number of nitrogens with zero attached hydrogens (tertiary/aromatic N) is 5. The van der Waals surface area contributed by atoms with Gasteiger partial charge >= 0.3 is 0 Å². The van der Waals surface area contributed by atoms with Gasteiger partial charge in [0, 0.05) is 52.4 Å². The Kier molecular flexibility index (Phi) is 6.21. The Bertz CT molecular complexity index is 960. The molecular formula is C20H25N7O. The number of carbonyl (C=O) groups is 1. The number of hydrogen-bond acceptors (Lipinski definition) is 4. The molecule has 2 aromatic heterocycles. The summed E-state index contributed by atoms with van der Waals surface area (Å²) in [4.78, 5) is 17.7. The van der Waals surface area contributed by atoms with Crippen molar-refractivity contribution in [3.8, 4) is 0 Å². The number of pyridine rings is 1. The smallest absolute Gasteiger partial charge is 0.253 e. The zero-order chi connectivity index (χ0) is 19.9. The van der Waals surface area contributed by atoms with Gasteiger partial charge in [-0.15, -0.1) is 10.2 Å². The van der Waals surface area contributed by atoms with Crippen molar-refractivity contribution >= 4 is 17.5 Å². The van der Waals surface area contributed by atoms with E-state index >= 15 is 0 Å². The molecule has 0 spiro atoms. The van der Waals surface area contributed by atoms with E-state index in [0.717, 1.165) is 23.5 Å². The normalized spacial score (nSPS) is 11.5. The molecule has 0 unspecified atom stereocenters. The molecule has 0 atom stereocenters. The van der Waals surface area contributed by atoms with Crippen LogP contribution in [0, 0.1) is 0 Å². The van der Waals surface area contributed by atoms with E-state index in [-0.39, 0.29) is 5.91 Å². The molecule has 2 N–H and O–H groups in total. The predicted octanol–water partition coefficient (Wildman–Crippen LogP) is 1.34. The monoisotopic (exact) mass is 379 g/mol. The van der Waals surface area contributed by atoms with E-state index < -0.39 is 0 Å². The van der Waals surface area contributed by atoms with Crippen LogP contribution in [-0.4, -0.2) is 59.1 Å². The molecule has 146 valence electrons. The van der Waals surface area contributed by atoms with Crippen LogP contribution in [0.4, 0.5) is 0 Å². The zero-order valence-electron chi connectivity index (χ0n) is 16.4. The quantitative estimate of drug-likeness (QED) is 0.499. The number of guanidine groups is 1. The van der Waals surface area contributed by atoms with Gasteiger partial charge < -0.3 is 15.5 Å². The van der Waals surface area contributed by atoms with Gasteiger partial charge in [-0.2, -0.15) is 0 Å². The van der Waals surface area contributed by atoms with Crippen LogP contribution in [0.2, 0.25) is 0 Å². The second-order valence-electron chi connectivity index (χ2n) is 6.54. The third-order valence-electron chi connectivity index (χ3n) is 4.32. The number of aromatic nitrogens is 3. The summed E-state index contributed by atoms with van der Waals surface area (Å²) in [5, 5.41) is 14.9. The number of aliphatic imine (C=N–C) groups is 1. The molecule has 8 nitrogen and oxygen atoms in total. The summed E-state index contributed by atoms with van der Waals surface area (Å²) < 4.78 is 1.98. The summed E-state index contributed by atoms with van der Waals surface area (Å²) in [5.74, 6) is 1.61. The van der Waals surface area contributed by atoms with Crippen molar-refractivity contribution < 1.29 is 4.79 Å². The summed E-state index contributed by atoms with van der Waals surface area (Å²) in [6.45, 7) is 1.30. The lowest BCUT2D eigenvalue weighted by molar-refractivity contribution is 0.0827. The van der Waals surface area contributed by atoms with Crippen molar-refractivity contribution in [2.24, 2.45) is 4.99 Å². The van der Waals surface area contributed by atoms with E-state index in [2.05, 4.69) is 25.8 Å². The maximum absolute atomic E-state index is 11.9. The van der Waals surface area contributed by atoms with E-state index in [1.165, 1.54) is 0 Å². The maximum atomic E-state index is 11.9. The van der Waals surface area contributed by atoms with Gasteiger partial charge in [0.1, 0.15) is 5.82 Å². The first-order valence-electron chi connectivity index (χ1n) is 9.12.